The zero-order valence-corrected chi connectivity index (χ0v) is 26.6. The van der Waals surface area contributed by atoms with Gasteiger partial charge in [-0.1, -0.05) is 6.07 Å². The average Bonchev–Trinajstić information content (AvgIpc) is 3.92. The molecule has 1 aliphatic carbocycles. The monoisotopic (exact) mass is 633 g/mol. The lowest BCUT2D eigenvalue weighted by molar-refractivity contribution is 0.0639. The summed E-state index contributed by atoms with van der Waals surface area (Å²) in [6.07, 6.45) is 11.5. The standard InChI is InChI=1S/C35H35N7O3S/c1-19-40-41-34(45-19)28-25(7-6-20-11-16-44-17-12-20)38-31-26-5-3-15-42(26)35(43)30(31)29(28)27-18-21-10-14-37-33(32(21)46-27)39-24-9-8-23-22(24)4-2-13-36-23/h2,4,10,13-14,18,20,24,26H,3,5-9,11-12,15-17H2,1H3,(H,37,39)/t24-,26-/m1/s1. The molecule has 0 unspecified atom stereocenters. The van der Waals surface area contributed by atoms with Gasteiger partial charge >= 0.3 is 0 Å². The fraction of sp³-hybridized carbons (Fsp3) is 0.429. The van der Waals surface area contributed by atoms with Crippen molar-refractivity contribution in [2.75, 3.05) is 25.1 Å². The second-order valence-electron chi connectivity index (χ2n) is 12.9. The number of hydrogen-bond acceptors (Lipinski definition) is 10. The molecule has 46 heavy (non-hydrogen) atoms. The van der Waals surface area contributed by atoms with Gasteiger partial charge in [-0.15, -0.1) is 21.5 Å². The maximum Gasteiger partial charge on any atom is 0.257 e. The van der Waals surface area contributed by atoms with E-state index in [-0.39, 0.29) is 18.0 Å². The van der Waals surface area contributed by atoms with Crippen LogP contribution < -0.4 is 5.32 Å². The highest BCUT2D eigenvalue weighted by Crippen LogP contribution is 2.50. The number of anilines is 1. The summed E-state index contributed by atoms with van der Waals surface area (Å²) in [6, 6.07) is 8.58. The fourth-order valence-corrected chi connectivity index (χ4v) is 9.06. The Morgan fingerprint density at radius 2 is 1.96 bits per heavy atom. The number of rotatable bonds is 7. The first-order chi connectivity index (χ1) is 22.6. The van der Waals surface area contributed by atoms with Gasteiger partial charge in [0.05, 0.1) is 39.3 Å². The Bertz CT molecular complexity index is 1980. The van der Waals surface area contributed by atoms with Crippen molar-refractivity contribution in [3.8, 4) is 21.9 Å². The largest absolute Gasteiger partial charge is 0.421 e. The Balaban J connectivity index is 1.20. The molecular formula is C35H35N7O3S. The highest BCUT2D eigenvalue weighted by atomic mass is 32.1. The molecule has 2 saturated heterocycles. The van der Waals surface area contributed by atoms with Gasteiger partial charge in [0.25, 0.3) is 5.91 Å². The van der Waals surface area contributed by atoms with E-state index < -0.39 is 0 Å². The van der Waals surface area contributed by atoms with Gasteiger partial charge in [-0.2, -0.15) is 0 Å². The molecule has 1 N–H and O–H groups in total. The molecule has 0 aromatic carbocycles. The molecule has 3 aliphatic heterocycles. The fourth-order valence-electron chi connectivity index (χ4n) is 7.90. The number of thiophene rings is 1. The first kappa shape index (κ1) is 28.0. The van der Waals surface area contributed by atoms with E-state index in [1.165, 1.54) is 5.56 Å². The Labute approximate surface area is 270 Å². The number of carbonyl (C=O) groups excluding carboxylic acids is 1. The number of nitrogens with one attached hydrogen (secondary N) is 1. The molecule has 0 saturated carbocycles. The summed E-state index contributed by atoms with van der Waals surface area (Å²) in [5, 5.41) is 13.5. The highest BCUT2D eigenvalue weighted by molar-refractivity contribution is 7.23. The van der Waals surface area contributed by atoms with Gasteiger partial charge in [0.2, 0.25) is 11.8 Å². The van der Waals surface area contributed by atoms with Crippen LogP contribution in [0.5, 0.6) is 0 Å². The van der Waals surface area contributed by atoms with E-state index in [1.807, 2.05) is 23.4 Å². The number of carbonyl (C=O) groups is 1. The minimum absolute atomic E-state index is 0.0193. The molecule has 234 valence electrons. The van der Waals surface area contributed by atoms with Crippen LogP contribution in [0.3, 0.4) is 0 Å². The van der Waals surface area contributed by atoms with Crippen molar-refractivity contribution in [1.82, 2.24) is 30.0 Å². The molecular weight excluding hydrogens is 598 g/mol. The molecule has 0 bridgehead atoms. The van der Waals surface area contributed by atoms with Crippen LogP contribution in [0.15, 0.2) is 41.1 Å². The van der Waals surface area contributed by atoms with Crippen LogP contribution in [0.4, 0.5) is 5.82 Å². The van der Waals surface area contributed by atoms with Crippen molar-refractivity contribution < 1.29 is 13.9 Å². The van der Waals surface area contributed by atoms with Gasteiger partial charge in [-0.05, 0) is 86.4 Å². The van der Waals surface area contributed by atoms with E-state index >= 15 is 0 Å². The number of nitrogens with zero attached hydrogens (tertiary/aromatic N) is 6. The Kier molecular flexibility index (Phi) is 6.85. The van der Waals surface area contributed by atoms with Gasteiger partial charge in [-0.25, -0.2) is 4.98 Å². The lowest BCUT2D eigenvalue weighted by Gasteiger charge is -2.22. The molecule has 0 radical (unpaired) electrons. The second-order valence-corrected chi connectivity index (χ2v) is 14.0. The first-order valence-corrected chi connectivity index (χ1v) is 17.3. The van der Waals surface area contributed by atoms with Crippen LogP contribution in [0.2, 0.25) is 0 Å². The molecule has 4 aliphatic rings. The Morgan fingerprint density at radius 3 is 2.83 bits per heavy atom. The maximum atomic E-state index is 14.2. The van der Waals surface area contributed by atoms with Crippen LogP contribution in [0, 0.1) is 12.8 Å². The number of aromatic nitrogens is 5. The summed E-state index contributed by atoms with van der Waals surface area (Å²) in [4.78, 5) is 31.9. The molecule has 5 aromatic heterocycles. The third kappa shape index (κ3) is 4.62. The molecule has 0 spiro atoms. The molecule has 10 nitrogen and oxygen atoms in total. The number of aryl methyl sites for hydroxylation is 3. The average molecular weight is 634 g/mol. The van der Waals surface area contributed by atoms with Crippen molar-refractivity contribution in [1.29, 1.82) is 0 Å². The number of hydrogen-bond donors (Lipinski definition) is 1. The minimum atomic E-state index is 0.0193. The SMILES string of the molecule is Cc1nnc(-c2c(CCC3CCOCC3)nc3c(c2-c2cc4ccnc(N[C@@H]5CCc6ncccc65)c4s2)C(=O)N2CCC[C@H]32)o1. The van der Waals surface area contributed by atoms with E-state index in [0.717, 1.165) is 120 Å². The van der Waals surface area contributed by atoms with Crippen LogP contribution in [-0.2, 0) is 17.6 Å². The van der Waals surface area contributed by atoms with Gasteiger partial charge in [0.1, 0.15) is 5.82 Å². The number of amides is 1. The number of ether oxygens (including phenoxy) is 1. The molecule has 9 rings (SSSR count). The smallest absolute Gasteiger partial charge is 0.257 e. The summed E-state index contributed by atoms with van der Waals surface area (Å²) < 4.78 is 12.8. The predicted molar refractivity (Wildman–Crippen MR) is 175 cm³/mol. The lowest BCUT2D eigenvalue weighted by atomic mass is 9.90. The predicted octanol–water partition coefficient (Wildman–Crippen LogP) is 6.86. The van der Waals surface area contributed by atoms with E-state index in [9.17, 15) is 4.79 Å². The summed E-state index contributed by atoms with van der Waals surface area (Å²) in [5.41, 5.74) is 6.59. The Hall–Kier alpha value is -4.22. The van der Waals surface area contributed by atoms with Crippen molar-refractivity contribution in [2.24, 2.45) is 5.92 Å². The third-order valence-electron chi connectivity index (χ3n) is 10.2. The van der Waals surface area contributed by atoms with Crippen LogP contribution >= 0.6 is 11.3 Å². The first-order valence-electron chi connectivity index (χ1n) is 16.5. The zero-order chi connectivity index (χ0) is 30.8. The molecule has 11 heteroatoms. The molecule has 2 atom stereocenters. The van der Waals surface area contributed by atoms with Crippen LogP contribution in [0.1, 0.15) is 89.5 Å². The van der Waals surface area contributed by atoms with Crippen molar-refractivity contribution in [3.05, 3.63) is 70.8 Å². The van der Waals surface area contributed by atoms with Gasteiger partial charge in [-0.3, -0.25) is 14.8 Å². The lowest BCUT2D eigenvalue weighted by Crippen LogP contribution is -2.22. The third-order valence-corrected chi connectivity index (χ3v) is 11.4. The van der Waals surface area contributed by atoms with E-state index in [2.05, 4.69) is 38.7 Å². The highest BCUT2D eigenvalue weighted by Gasteiger charge is 2.45. The second kappa shape index (κ2) is 11.2. The van der Waals surface area contributed by atoms with Gasteiger partial charge < -0.3 is 19.4 Å². The van der Waals surface area contributed by atoms with E-state index in [1.54, 1.807) is 18.3 Å². The number of pyridine rings is 3. The maximum absolute atomic E-state index is 14.2. The minimum Gasteiger partial charge on any atom is -0.421 e. The summed E-state index contributed by atoms with van der Waals surface area (Å²) >= 11 is 1.66. The summed E-state index contributed by atoms with van der Waals surface area (Å²) in [7, 11) is 0. The van der Waals surface area contributed by atoms with Gasteiger partial charge in [0.15, 0.2) is 0 Å². The normalized spacial score (nSPS) is 20.8. The zero-order valence-electron chi connectivity index (χ0n) is 25.8. The topological polar surface area (TPSA) is 119 Å². The van der Waals surface area contributed by atoms with Gasteiger partial charge in [0, 0.05) is 55.2 Å². The summed E-state index contributed by atoms with van der Waals surface area (Å²) in [5.74, 6) is 2.39. The van der Waals surface area contributed by atoms with Crippen molar-refractivity contribution in [3.63, 3.8) is 0 Å². The van der Waals surface area contributed by atoms with Crippen LogP contribution in [-0.4, -0.2) is 55.7 Å². The van der Waals surface area contributed by atoms with Crippen molar-refractivity contribution in [2.45, 2.75) is 70.4 Å². The molecule has 8 heterocycles. The van der Waals surface area contributed by atoms with Crippen molar-refractivity contribution >= 4 is 33.1 Å². The molecule has 2 fully saturated rings. The summed E-state index contributed by atoms with van der Waals surface area (Å²) in [6.45, 7) is 4.18. The van der Waals surface area contributed by atoms with E-state index in [4.69, 9.17) is 19.1 Å². The van der Waals surface area contributed by atoms with Crippen LogP contribution in [0.25, 0.3) is 32.0 Å². The van der Waals surface area contributed by atoms with E-state index in [0.29, 0.717) is 23.3 Å². The number of fused-ring (bicyclic) bond motifs is 5. The Morgan fingerprint density at radius 1 is 1.04 bits per heavy atom. The molecule has 5 aromatic rings. The quantitative estimate of drug-likeness (QED) is 0.205. The molecule has 1 amide bonds.